The Morgan fingerprint density at radius 2 is 1.86 bits per heavy atom. The maximum absolute atomic E-state index is 11.9. The second kappa shape index (κ2) is 4.96. The van der Waals surface area contributed by atoms with Crippen LogP contribution in [0.4, 0.5) is 0 Å². The van der Waals surface area contributed by atoms with Crippen LogP contribution in [0.1, 0.15) is 5.56 Å². The van der Waals surface area contributed by atoms with E-state index in [9.17, 15) is 8.42 Å². The largest absolute Gasteiger partial charge is 0.338 e. The van der Waals surface area contributed by atoms with Gasteiger partial charge in [0.25, 0.3) is 0 Å². The molecule has 0 aliphatic carbocycles. The highest BCUT2D eigenvalue weighted by Crippen LogP contribution is 2.30. The Bertz CT molecular complexity index is 945. The Morgan fingerprint density at radius 1 is 1.14 bits per heavy atom. The Morgan fingerprint density at radius 3 is 2.57 bits per heavy atom. The number of rotatable bonds is 2. The van der Waals surface area contributed by atoms with Gasteiger partial charge in [-0.3, -0.25) is 0 Å². The number of sulfone groups is 1. The Balaban J connectivity index is 2.30. The zero-order valence-corrected chi connectivity index (χ0v) is 13.9. The van der Waals surface area contributed by atoms with Gasteiger partial charge < -0.3 is 4.98 Å². The van der Waals surface area contributed by atoms with Gasteiger partial charge >= 0.3 is 0 Å². The third-order valence-corrected chi connectivity index (χ3v) is 5.39. The normalized spacial score (nSPS) is 12.0. The predicted molar refractivity (Wildman–Crippen MR) is 87.1 cm³/mol. The second-order valence-corrected chi connectivity index (χ2v) is 7.76. The van der Waals surface area contributed by atoms with Crippen LogP contribution in [-0.2, 0) is 9.84 Å². The van der Waals surface area contributed by atoms with Gasteiger partial charge in [-0.25, -0.2) is 13.4 Å². The first kappa shape index (κ1) is 14.3. The molecule has 0 amide bonds. The second-order valence-electron chi connectivity index (χ2n) is 4.92. The van der Waals surface area contributed by atoms with Gasteiger partial charge in [0.15, 0.2) is 9.84 Å². The van der Waals surface area contributed by atoms with Gasteiger partial charge in [0, 0.05) is 16.3 Å². The van der Waals surface area contributed by atoms with Crippen LogP contribution in [-0.4, -0.2) is 24.6 Å². The SMILES string of the molecule is Cc1c(Br)cccc1-c1nc2c(S(C)(=O)=O)cccc2[nH]1. The van der Waals surface area contributed by atoms with E-state index in [-0.39, 0.29) is 4.90 Å². The number of benzene rings is 2. The van der Waals surface area contributed by atoms with E-state index in [1.807, 2.05) is 31.2 Å². The number of aromatic nitrogens is 2. The first-order valence-electron chi connectivity index (χ1n) is 6.32. The van der Waals surface area contributed by atoms with Crippen LogP contribution in [0.25, 0.3) is 22.4 Å². The van der Waals surface area contributed by atoms with Crippen molar-refractivity contribution < 1.29 is 8.42 Å². The van der Waals surface area contributed by atoms with Gasteiger partial charge in [0.1, 0.15) is 11.3 Å². The average molecular weight is 365 g/mol. The van der Waals surface area contributed by atoms with Crippen LogP contribution in [0.3, 0.4) is 0 Å². The molecule has 0 spiro atoms. The number of halogens is 1. The minimum absolute atomic E-state index is 0.246. The van der Waals surface area contributed by atoms with Crippen molar-refractivity contribution in [2.75, 3.05) is 6.26 Å². The van der Waals surface area contributed by atoms with E-state index >= 15 is 0 Å². The molecule has 0 aliphatic rings. The molecule has 4 nitrogen and oxygen atoms in total. The molecule has 108 valence electrons. The van der Waals surface area contributed by atoms with Crippen LogP contribution < -0.4 is 0 Å². The lowest BCUT2D eigenvalue weighted by Gasteiger charge is -2.03. The van der Waals surface area contributed by atoms with Crippen molar-refractivity contribution in [3.8, 4) is 11.4 Å². The summed E-state index contributed by atoms with van der Waals surface area (Å²) in [5.41, 5.74) is 3.19. The number of hydrogen-bond donors (Lipinski definition) is 1. The zero-order valence-electron chi connectivity index (χ0n) is 11.5. The molecule has 0 fully saturated rings. The maximum Gasteiger partial charge on any atom is 0.177 e. The fraction of sp³-hybridized carbons (Fsp3) is 0.133. The topological polar surface area (TPSA) is 62.8 Å². The Kier molecular flexibility index (Phi) is 3.37. The molecule has 0 aliphatic heterocycles. The van der Waals surface area contributed by atoms with Crippen molar-refractivity contribution >= 4 is 36.8 Å². The third kappa shape index (κ3) is 2.49. The van der Waals surface area contributed by atoms with E-state index in [2.05, 4.69) is 25.9 Å². The first-order valence-corrected chi connectivity index (χ1v) is 9.00. The Labute approximate surface area is 131 Å². The molecule has 0 bridgehead atoms. The van der Waals surface area contributed by atoms with Crippen LogP contribution in [0.2, 0.25) is 0 Å². The van der Waals surface area contributed by atoms with Crippen molar-refractivity contribution in [2.45, 2.75) is 11.8 Å². The van der Waals surface area contributed by atoms with Gasteiger partial charge in [0.2, 0.25) is 0 Å². The smallest absolute Gasteiger partial charge is 0.177 e. The number of nitrogens with zero attached hydrogens (tertiary/aromatic N) is 1. The minimum Gasteiger partial charge on any atom is -0.338 e. The van der Waals surface area contributed by atoms with Crippen LogP contribution in [0, 0.1) is 6.92 Å². The van der Waals surface area contributed by atoms with Gasteiger partial charge in [0.05, 0.1) is 10.4 Å². The van der Waals surface area contributed by atoms with Gasteiger partial charge in [-0.15, -0.1) is 0 Å². The molecule has 3 aromatic rings. The molecule has 6 heteroatoms. The zero-order chi connectivity index (χ0) is 15.2. The van der Waals surface area contributed by atoms with Gasteiger partial charge in [-0.1, -0.05) is 34.1 Å². The summed E-state index contributed by atoms with van der Waals surface area (Å²) >= 11 is 3.50. The highest BCUT2D eigenvalue weighted by atomic mass is 79.9. The molecule has 0 saturated heterocycles. The molecule has 0 unspecified atom stereocenters. The van der Waals surface area contributed by atoms with Crippen molar-refractivity contribution in [3.05, 3.63) is 46.4 Å². The number of nitrogens with one attached hydrogen (secondary N) is 1. The summed E-state index contributed by atoms with van der Waals surface area (Å²) < 4.78 is 24.7. The number of fused-ring (bicyclic) bond motifs is 1. The van der Waals surface area contributed by atoms with Crippen LogP contribution in [0.15, 0.2) is 45.8 Å². The van der Waals surface area contributed by atoms with E-state index < -0.39 is 9.84 Å². The number of imidazole rings is 1. The van der Waals surface area contributed by atoms with E-state index in [0.29, 0.717) is 16.9 Å². The van der Waals surface area contributed by atoms with Crippen molar-refractivity contribution in [1.82, 2.24) is 9.97 Å². The molecular formula is C15H13BrN2O2S. The van der Waals surface area contributed by atoms with Crippen molar-refractivity contribution in [2.24, 2.45) is 0 Å². The van der Waals surface area contributed by atoms with Gasteiger partial charge in [-0.2, -0.15) is 0 Å². The lowest BCUT2D eigenvalue weighted by Crippen LogP contribution is -1.97. The molecule has 0 radical (unpaired) electrons. The average Bonchev–Trinajstić information content (AvgIpc) is 2.84. The number of H-pyrrole nitrogens is 1. The molecule has 21 heavy (non-hydrogen) atoms. The molecule has 3 rings (SSSR count). The predicted octanol–water partition coefficient (Wildman–Crippen LogP) is 3.70. The lowest BCUT2D eigenvalue weighted by molar-refractivity contribution is 0.602. The van der Waals surface area contributed by atoms with Gasteiger partial charge in [-0.05, 0) is 30.7 Å². The van der Waals surface area contributed by atoms with Crippen LogP contribution >= 0.6 is 15.9 Å². The van der Waals surface area contributed by atoms with Crippen molar-refractivity contribution in [1.29, 1.82) is 0 Å². The van der Waals surface area contributed by atoms with Crippen molar-refractivity contribution in [3.63, 3.8) is 0 Å². The van der Waals surface area contributed by atoms with Crippen LogP contribution in [0.5, 0.6) is 0 Å². The van der Waals surface area contributed by atoms with E-state index in [4.69, 9.17) is 0 Å². The summed E-state index contributed by atoms with van der Waals surface area (Å²) in [6.07, 6.45) is 1.19. The summed E-state index contributed by atoms with van der Waals surface area (Å²) in [4.78, 5) is 7.94. The minimum atomic E-state index is -3.31. The molecule has 0 saturated carbocycles. The monoisotopic (exact) mass is 364 g/mol. The third-order valence-electron chi connectivity index (χ3n) is 3.40. The summed E-state index contributed by atoms with van der Waals surface area (Å²) in [5.74, 6) is 0.667. The summed E-state index contributed by atoms with van der Waals surface area (Å²) in [6, 6.07) is 11.0. The maximum atomic E-state index is 11.9. The molecule has 1 heterocycles. The highest BCUT2D eigenvalue weighted by Gasteiger charge is 2.16. The summed E-state index contributed by atoms with van der Waals surface area (Å²) in [6.45, 7) is 1.99. The Hall–Kier alpha value is -1.66. The molecule has 1 N–H and O–H groups in total. The molecule has 0 atom stereocenters. The fourth-order valence-electron chi connectivity index (χ4n) is 2.30. The fourth-order valence-corrected chi connectivity index (χ4v) is 3.50. The number of para-hydroxylation sites is 1. The molecule has 2 aromatic carbocycles. The summed E-state index contributed by atoms with van der Waals surface area (Å²) in [5, 5.41) is 0. The summed E-state index contributed by atoms with van der Waals surface area (Å²) in [7, 11) is -3.31. The first-order chi connectivity index (χ1) is 9.88. The molecular weight excluding hydrogens is 352 g/mol. The van der Waals surface area contributed by atoms with E-state index in [1.54, 1.807) is 12.1 Å². The standard InChI is InChI=1S/C15H13BrN2O2S/c1-9-10(5-3-6-11(9)16)15-17-12-7-4-8-13(14(12)18-15)21(2,19)20/h3-8H,1-2H3,(H,17,18). The highest BCUT2D eigenvalue weighted by molar-refractivity contribution is 9.10. The quantitative estimate of drug-likeness (QED) is 0.753. The van der Waals surface area contributed by atoms with E-state index in [1.165, 1.54) is 6.26 Å². The lowest BCUT2D eigenvalue weighted by atomic mass is 10.1. The van der Waals surface area contributed by atoms with E-state index in [0.717, 1.165) is 15.6 Å². The number of aromatic amines is 1. The number of hydrogen-bond acceptors (Lipinski definition) is 3. The molecule has 1 aromatic heterocycles.